The van der Waals surface area contributed by atoms with Crippen molar-refractivity contribution in [1.29, 1.82) is 0 Å². The smallest absolute Gasteiger partial charge is 0.0940 e. The first-order chi connectivity index (χ1) is 7.70. The van der Waals surface area contributed by atoms with Crippen molar-refractivity contribution in [2.75, 3.05) is 30.4 Å². The molecule has 0 radical (unpaired) electrons. The number of rotatable bonds is 2. The molecule has 1 aliphatic rings. The maximum atomic E-state index is 12.7. The largest absolute Gasteiger partial charge is 0.396 e. The Morgan fingerprint density at radius 1 is 1.50 bits per heavy atom. The molecule has 5 heteroatoms. The Morgan fingerprint density at radius 2 is 2.31 bits per heavy atom. The molecule has 2 heterocycles. The van der Waals surface area contributed by atoms with Gasteiger partial charge in [0, 0.05) is 31.2 Å². The minimum Gasteiger partial charge on any atom is -0.396 e. The van der Waals surface area contributed by atoms with Gasteiger partial charge in [0.25, 0.3) is 0 Å². The van der Waals surface area contributed by atoms with Crippen molar-refractivity contribution in [1.82, 2.24) is 4.98 Å². The lowest BCUT2D eigenvalue weighted by molar-refractivity contribution is 0.297. The molecule has 88 valence electrons. The SMILES string of the molecule is Nc1cnccc1N1CC(N)CC(CF)C1. The van der Waals surface area contributed by atoms with Crippen LogP contribution in [0.4, 0.5) is 15.8 Å². The third-order valence-electron chi connectivity index (χ3n) is 2.96. The van der Waals surface area contributed by atoms with Gasteiger partial charge in [-0.1, -0.05) is 0 Å². The zero-order valence-electron chi connectivity index (χ0n) is 9.14. The molecule has 0 spiro atoms. The van der Waals surface area contributed by atoms with Crippen molar-refractivity contribution in [2.24, 2.45) is 11.7 Å². The van der Waals surface area contributed by atoms with Crippen LogP contribution in [0.5, 0.6) is 0 Å². The lowest BCUT2D eigenvalue weighted by atomic mass is 9.95. The van der Waals surface area contributed by atoms with Gasteiger partial charge in [-0.2, -0.15) is 0 Å². The number of aromatic nitrogens is 1. The first-order valence-corrected chi connectivity index (χ1v) is 5.46. The van der Waals surface area contributed by atoms with E-state index in [0.717, 1.165) is 18.7 Å². The molecule has 1 aromatic heterocycles. The van der Waals surface area contributed by atoms with E-state index in [-0.39, 0.29) is 18.6 Å². The van der Waals surface area contributed by atoms with Crippen LogP contribution in [-0.4, -0.2) is 30.8 Å². The Kier molecular flexibility index (Phi) is 3.24. The van der Waals surface area contributed by atoms with E-state index in [0.29, 0.717) is 12.2 Å². The molecule has 1 fully saturated rings. The summed E-state index contributed by atoms with van der Waals surface area (Å²) in [7, 11) is 0. The van der Waals surface area contributed by atoms with Gasteiger partial charge in [0.1, 0.15) is 0 Å². The first-order valence-electron chi connectivity index (χ1n) is 5.46. The van der Waals surface area contributed by atoms with E-state index in [2.05, 4.69) is 9.88 Å². The van der Waals surface area contributed by atoms with Crippen molar-refractivity contribution < 1.29 is 4.39 Å². The molecule has 1 saturated heterocycles. The predicted molar refractivity (Wildman–Crippen MR) is 62.9 cm³/mol. The highest BCUT2D eigenvalue weighted by atomic mass is 19.1. The zero-order chi connectivity index (χ0) is 11.5. The summed E-state index contributed by atoms with van der Waals surface area (Å²) in [6.45, 7) is 1.08. The van der Waals surface area contributed by atoms with Crippen molar-refractivity contribution in [3.8, 4) is 0 Å². The monoisotopic (exact) mass is 224 g/mol. The molecular formula is C11H17FN4. The van der Waals surface area contributed by atoms with Gasteiger partial charge in [0.15, 0.2) is 0 Å². The van der Waals surface area contributed by atoms with Gasteiger partial charge < -0.3 is 16.4 Å². The highest BCUT2D eigenvalue weighted by molar-refractivity contribution is 5.66. The zero-order valence-corrected chi connectivity index (χ0v) is 9.14. The lowest BCUT2D eigenvalue weighted by Crippen LogP contribution is -2.47. The highest BCUT2D eigenvalue weighted by Crippen LogP contribution is 2.26. The lowest BCUT2D eigenvalue weighted by Gasteiger charge is -2.37. The first kappa shape index (κ1) is 11.1. The maximum Gasteiger partial charge on any atom is 0.0940 e. The standard InChI is InChI=1S/C11H17FN4/c12-4-8-3-9(13)7-16(6-8)11-1-2-15-5-10(11)14/h1-2,5,8-9H,3-4,6-7,13-14H2. The molecule has 0 amide bonds. The average molecular weight is 224 g/mol. The van der Waals surface area contributed by atoms with E-state index in [4.69, 9.17) is 11.5 Å². The summed E-state index contributed by atoms with van der Waals surface area (Å²) >= 11 is 0. The van der Waals surface area contributed by atoms with Crippen LogP contribution < -0.4 is 16.4 Å². The van der Waals surface area contributed by atoms with E-state index in [9.17, 15) is 4.39 Å². The van der Waals surface area contributed by atoms with E-state index in [1.54, 1.807) is 12.4 Å². The minimum atomic E-state index is -0.324. The number of pyridine rings is 1. The Labute approximate surface area is 94.4 Å². The normalized spacial score (nSPS) is 25.8. The number of nitrogens with zero attached hydrogens (tertiary/aromatic N) is 2. The van der Waals surface area contributed by atoms with Gasteiger partial charge in [0.2, 0.25) is 0 Å². The quantitative estimate of drug-likeness (QED) is 0.779. The van der Waals surface area contributed by atoms with Crippen molar-refractivity contribution in [2.45, 2.75) is 12.5 Å². The summed E-state index contributed by atoms with van der Waals surface area (Å²) in [4.78, 5) is 5.99. The Balaban J connectivity index is 2.17. The second-order valence-corrected chi connectivity index (χ2v) is 4.36. The van der Waals surface area contributed by atoms with Crippen LogP contribution in [0.25, 0.3) is 0 Å². The molecule has 0 bridgehead atoms. The van der Waals surface area contributed by atoms with Gasteiger partial charge >= 0.3 is 0 Å². The molecule has 2 rings (SSSR count). The van der Waals surface area contributed by atoms with Crippen molar-refractivity contribution >= 4 is 11.4 Å². The number of alkyl halides is 1. The van der Waals surface area contributed by atoms with Gasteiger partial charge in [-0.25, -0.2) is 0 Å². The van der Waals surface area contributed by atoms with Crippen LogP contribution >= 0.6 is 0 Å². The third kappa shape index (κ3) is 2.24. The van der Waals surface area contributed by atoms with Crippen LogP contribution in [0.3, 0.4) is 0 Å². The molecule has 2 unspecified atom stereocenters. The van der Waals surface area contributed by atoms with Gasteiger partial charge in [-0.05, 0) is 12.5 Å². The predicted octanol–water partition coefficient (Wildman–Crippen LogP) is 0.787. The van der Waals surface area contributed by atoms with Crippen molar-refractivity contribution in [3.63, 3.8) is 0 Å². The minimum absolute atomic E-state index is 0.0105. The van der Waals surface area contributed by atoms with Crippen LogP contribution in [0.1, 0.15) is 6.42 Å². The molecule has 0 aromatic carbocycles. The van der Waals surface area contributed by atoms with Gasteiger partial charge in [0.05, 0.1) is 24.2 Å². The summed E-state index contributed by atoms with van der Waals surface area (Å²) in [5.74, 6) is 0.0105. The molecule has 1 aliphatic heterocycles. The van der Waals surface area contributed by atoms with E-state index in [1.807, 2.05) is 6.07 Å². The number of anilines is 2. The summed E-state index contributed by atoms with van der Waals surface area (Å²) in [5.41, 5.74) is 13.3. The van der Waals surface area contributed by atoms with Crippen LogP contribution in [0, 0.1) is 5.92 Å². The summed E-state index contributed by atoms with van der Waals surface area (Å²) in [6, 6.07) is 1.87. The fourth-order valence-corrected chi connectivity index (χ4v) is 2.24. The number of nitrogen functional groups attached to an aromatic ring is 1. The second kappa shape index (κ2) is 4.65. The van der Waals surface area contributed by atoms with Crippen molar-refractivity contribution in [3.05, 3.63) is 18.5 Å². The Hall–Kier alpha value is -1.36. The fourth-order valence-electron chi connectivity index (χ4n) is 2.24. The van der Waals surface area contributed by atoms with Gasteiger partial charge in [-0.15, -0.1) is 0 Å². The topological polar surface area (TPSA) is 68.2 Å². The molecule has 2 atom stereocenters. The molecule has 4 nitrogen and oxygen atoms in total. The molecule has 0 aliphatic carbocycles. The van der Waals surface area contributed by atoms with E-state index in [1.165, 1.54) is 0 Å². The van der Waals surface area contributed by atoms with E-state index >= 15 is 0 Å². The Morgan fingerprint density at radius 3 is 3.00 bits per heavy atom. The average Bonchev–Trinajstić information content (AvgIpc) is 2.28. The number of hydrogen-bond donors (Lipinski definition) is 2. The second-order valence-electron chi connectivity index (χ2n) is 4.36. The number of hydrogen-bond acceptors (Lipinski definition) is 4. The summed E-state index contributed by atoms with van der Waals surface area (Å²) in [5, 5.41) is 0. The molecule has 4 N–H and O–H groups in total. The third-order valence-corrected chi connectivity index (χ3v) is 2.96. The van der Waals surface area contributed by atoms with Crippen LogP contribution in [0.2, 0.25) is 0 Å². The molecule has 0 saturated carbocycles. The number of halogens is 1. The molecule has 16 heavy (non-hydrogen) atoms. The fraction of sp³-hybridized carbons (Fsp3) is 0.545. The number of nitrogens with two attached hydrogens (primary N) is 2. The summed E-state index contributed by atoms with van der Waals surface area (Å²) in [6.07, 6.45) is 4.05. The molecular weight excluding hydrogens is 207 g/mol. The summed E-state index contributed by atoms with van der Waals surface area (Å²) < 4.78 is 12.7. The Bertz CT molecular complexity index is 358. The van der Waals surface area contributed by atoms with E-state index < -0.39 is 0 Å². The van der Waals surface area contributed by atoms with Crippen LogP contribution in [-0.2, 0) is 0 Å². The highest BCUT2D eigenvalue weighted by Gasteiger charge is 2.26. The molecule has 1 aromatic rings. The van der Waals surface area contributed by atoms with Crippen LogP contribution in [0.15, 0.2) is 18.5 Å². The maximum absolute atomic E-state index is 12.7. The van der Waals surface area contributed by atoms with Gasteiger partial charge in [-0.3, -0.25) is 9.37 Å². The number of piperidine rings is 1.